The molecule has 0 unspecified atom stereocenters. The number of carbonyl (C=O) groups excluding carboxylic acids is 1. The lowest BCUT2D eigenvalue weighted by Crippen LogP contribution is -2.39. The molecule has 104 valence electrons. The largest absolute Gasteiger partial charge is 0.337 e. The van der Waals surface area contributed by atoms with Crippen LogP contribution in [0, 0.1) is 6.92 Å². The topological polar surface area (TPSA) is 38.1 Å². The molecule has 0 bridgehead atoms. The van der Waals surface area contributed by atoms with Crippen LogP contribution in [-0.2, 0) is 4.79 Å². The summed E-state index contributed by atoms with van der Waals surface area (Å²) in [7, 11) is 0. The summed E-state index contributed by atoms with van der Waals surface area (Å²) in [5, 5.41) is 0. The van der Waals surface area contributed by atoms with Gasteiger partial charge in [0.1, 0.15) is 0 Å². The fourth-order valence-electron chi connectivity index (χ4n) is 2.94. The SMILES string of the molecule is C=CC(=O)N1CCC[C@H](n2cnc3cc(C)ccc32)C1. The third kappa shape index (κ3) is 2.22. The number of carbonyl (C=O) groups is 1. The van der Waals surface area contributed by atoms with E-state index in [-0.39, 0.29) is 5.91 Å². The molecule has 0 spiro atoms. The first-order valence-electron chi connectivity index (χ1n) is 7.03. The van der Waals surface area contributed by atoms with E-state index in [2.05, 4.69) is 41.3 Å². The number of aromatic nitrogens is 2. The van der Waals surface area contributed by atoms with Gasteiger partial charge >= 0.3 is 0 Å². The summed E-state index contributed by atoms with van der Waals surface area (Å²) in [5.74, 6) is 0.0231. The smallest absolute Gasteiger partial charge is 0.246 e. The third-order valence-corrected chi connectivity index (χ3v) is 4.01. The Bertz CT molecular complexity index is 659. The standard InChI is InChI=1S/C16H19N3O/c1-3-16(20)18-8-4-5-13(10-18)19-11-17-14-9-12(2)6-7-15(14)19/h3,6-7,9,11,13H,1,4-5,8,10H2,2H3/t13-/m0/s1. The summed E-state index contributed by atoms with van der Waals surface area (Å²) in [5.41, 5.74) is 3.39. The van der Waals surface area contributed by atoms with Crippen LogP contribution in [0.3, 0.4) is 0 Å². The van der Waals surface area contributed by atoms with Gasteiger partial charge in [-0.2, -0.15) is 0 Å². The lowest BCUT2D eigenvalue weighted by molar-refractivity contribution is -0.127. The van der Waals surface area contributed by atoms with Gasteiger partial charge in [0, 0.05) is 13.1 Å². The molecule has 1 aromatic carbocycles. The van der Waals surface area contributed by atoms with Crippen molar-refractivity contribution in [1.29, 1.82) is 0 Å². The summed E-state index contributed by atoms with van der Waals surface area (Å²) in [4.78, 5) is 18.1. The zero-order valence-corrected chi connectivity index (χ0v) is 11.7. The average Bonchev–Trinajstić information content (AvgIpc) is 2.89. The van der Waals surface area contributed by atoms with Crippen LogP contribution in [0.4, 0.5) is 0 Å². The minimum Gasteiger partial charge on any atom is -0.337 e. The summed E-state index contributed by atoms with van der Waals surface area (Å²) in [6, 6.07) is 6.63. The van der Waals surface area contributed by atoms with Crippen LogP contribution < -0.4 is 0 Å². The van der Waals surface area contributed by atoms with Crippen LogP contribution in [0.5, 0.6) is 0 Å². The molecule has 4 heteroatoms. The lowest BCUT2D eigenvalue weighted by atomic mass is 10.0. The normalized spacial score (nSPS) is 19.2. The van der Waals surface area contributed by atoms with Gasteiger partial charge in [0.2, 0.25) is 5.91 Å². The van der Waals surface area contributed by atoms with Gasteiger partial charge in [0.05, 0.1) is 23.4 Å². The number of rotatable bonds is 2. The second-order valence-electron chi connectivity index (χ2n) is 5.43. The number of hydrogen-bond donors (Lipinski definition) is 0. The molecule has 0 N–H and O–H groups in total. The Balaban J connectivity index is 1.90. The molecule has 1 aliphatic rings. The maximum Gasteiger partial charge on any atom is 0.246 e. The van der Waals surface area contributed by atoms with Crippen molar-refractivity contribution < 1.29 is 4.79 Å². The van der Waals surface area contributed by atoms with Gasteiger partial charge in [0.15, 0.2) is 0 Å². The highest BCUT2D eigenvalue weighted by Gasteiger charge is 2.24. The van der Waals surface area contributed by atoms with E-state index in [4.69, 9.17) is 0 Å². The van der Waals surface area contributed by atoms with Crippen molar-refractivity contribution >= 4 is 16.9 Å². The molecular weight excluding hydrogens is 250 g/mol. The first kappa shape index (κ1) is 12.9. The van der Waals surface area contributed by atoms with E-state index in [1.807, 2.05) is 11.2 Å². The van der Waals surface area contributed by atoms with Gasteiger partial charge in [-0.3, -0.25) is 4.79 Å². The van der Waals surface area contributed by atoms with E-state index in [1.54, 1.807) is 0 Å². The molecule has 1 atom stereocenters. The first-order chi connectivity index (χ1) is 9.69. The predicted octanol–water partition coefficient (Wildman–Crippen LogP) is 2.69. The van der Waals surface area contributed by atoms with E-state index in [1.165, 1.54) is 11.6 Å². The van der Waals surface area contributed by atoms with Crippen LogP contribution in [0.15, 0.2) is 37.2 Å². The minimum atomic E-state index is 0.0231. The van der Waals surface area contributed by atoms with Gasteiger partial charge in [-0.25, -0.2) is 4.98 Å². The molecule has 4 nitrogen and oxygen atoms in total. The Morgan fingerprint density at radius 1 is 1.50 bits per heavy atom. The zero-order chi connectivity index (χ0) is 14.1. The first-order valence-corrected chi connectivity index (χ1v) is 7.03. The highest BCUT2D eigenvalue weighted by Crippen LogP contribution is 2.26. The molecule has 3 rings (SSSR count). The monoisotopic (exact) mass is 269 g/mol. The summed E-state index contributed by atoms with van der Waals surface area (Å²) in [6.45, 7) is 7.21. The number of aryl methyl sites for hydroxylation is 1. The highest BCUT2D eigenvalue weighted by atomic mass is 16.2. The van der Waals surface area contributed by atoms with Crippen molar-refractivity contribution in [1.82, 2.24) is 14.5 Å². The minimum absolute atomic E-state index is 0.0231. The predicted molar refractivity (Wildman–Crippen MR) is 79.5 cm³/mol. The Morgan fingerprint density at radius 3 is 3.15 bits per heavy atom. The van der Waals surface area contributed by atoms with Crippen LogP contribution in [0.1, 0.15) is 24.4 Å². The van der Waals surface area contributed by atoms with Gasteiger partial charge in [0.25, 0.3) is 0 Å². The quantitative estimate of drug-likeness (QED) is 0.786. The van der Waals surface area contributed by atoms with E-state index >= 15 is 0 Å². The average molecular weight is 269 g/mol. The number of piperidine rings is 1. The maximum atomic E-state index is 11.8. The fraction of sp³-hybridized carbons (Fsp3) is 0.375. The second kappa shape index (κ2) is 5.12. The van der Waals surface area contributed by atoms with Gasteiger partial charge in [-0.1, -0.05) is 12.6 Å². The number of nitrogens with zero attached hydrogens (tertiary/aromatic N) is 3. The van der Waals surface area contributed by atoms with Crippen molar-refractivity contribution in [2.75, 3.05) is 13.1 Å². The maximum absolute atomic E-state index is 11.8. The molecule has 0 saturated carbocycles. The molecule has 1 saturated heterocycles. The molecule has 1 aromatic heterocycles. The fourth-order valence-corrected chi connectivity index (χ4v) is 2.94. The molecule has 0 aliphatic carbocycles. The molecular formula is C16H19N3O. The number of amides is 1. The second-order valence-corrected chi connectivity index (χ2v) is 5.43. The number of imidazole rings is 1. The van der Waals surface area contributed by atoms with Crippen molar-refractivity contribution in [3.63, 3.8) is 0 Å². The lowest BCUT2D eigenvalue weighted by Gasteiger charge is -2.33. The van der Waals surface area contributed by atoms with Crippen molar-refractivity contribution in [2.24, 2.45) is 0 Å². The van der Waals surface area contributed by atoms with Crippen LogP contribution >= 0.6 is 0 Å². The Morgan fingerprint density at radius 2 is 2.35 bits per heavy atom. The van der Waals surface area contributed by atoms with Gasteiger partial charge in [-0.15, -0.1) is 0 Å². The van der Waals surface area contributed by atoms with Crippen LogP contribution in [-0.4, -0.2) is 33.4 Å². The van der Waals surface area contributed by atoms with Gasteiger partial charge < -0.3 is 9.47 Å². The summed E-state index contributed by atoms with van der Waals surface area (Å²) < 4.78 is 2.21. The zero-order valence-electron chi connectivity index (χ0n) is 11.7. The van der Waals surface area contributed by atoms with E-state index < -0.39 is 0 Å². The molecule has 20 heavy (non-hydrogen) atoms. The number of fused-ring (bicyclic) bond motifs is 1. The Kier molecular flexibility index (Phi) is 3.30. The summed E-state index contributed by atoms with van der Waals surface area (Å²) >= 11 is 0. The van der Waals surface area contributed by atoms with Crippen LogP contribution in [0.2, 0.25) is 0 Å². The van der Waals surface area contributed by atoms with Crippen molar-refractivity contribution in [3.05, 3.63) is 42.7 Å². The molecule has 0 radical (unpaired) electrons. The number of hydrogen-bond acceptors (Lipinski definition) is 2. The van der Waals surface area contributed by atoms with Crippen LogP contribution in [0.25, 0.3) is 11.0 Å². The van der Waals surface area contributed by atoms with Crippen molar-refractivity contribution in [2.45, 2.75) is 25.8 Å². The molecule has 1 fully saturated rings. The summed E-state index contributed by atoms with van der Waals surface area (Å²) in [6.07, 6.45) is 5.41. The Labute approximate surface area is 118 Å². The molecule has 1 amide bonds. The molecule has 1 aliphatic heterocycles. The number of benzene rings is 1. The van der Waals surface area contributed by atoms with E-state index in [0.29, 0.717) is 6.04 Å². The third-order valence-electron chi connectivity index (χ3n) is 4.01. The van der Waals surface area contributed by atoms with E-state index in [9.17, 15) is 4.79 Å². The highest BCUT2D eigenvalue weighted by molar-refractivity contribution is 5.87. The van der Waals surface area contributed by atoms with Gasteiger partial charge in [-0.05, 0) is 43.5 Å². The van der Waals surface area contributed by atoms with Crippen molar-refractivity contribution in [3.8, 4) is 0 Å². The Hall–Kier alpha value is -2.10. The molecule has 2 heterocycles. The molecule has 2 aromatic rings. The van der Waals surface area contributed by atoms with E-state index in [0.717, 1.165) is 37.0 Å². The number of likely N-dealkylation sites (tertiary alicyclic amines) is 1.